The lowest BCUT2D eigenvalue weighted by molar-refractivity contribution is -0.384. The minimum Gasteiger partial charge on any atom is -0.465 e. The number of hydrogen-bond acceptors (Lipinski definition) is 7. The molecule has 1 unspecified atom stereocenters. The molecule has 10 heteroatoms. The number of carbonyl (C=O) groups excluding carboxylic acids is 4. The standard InChI is InChI=1S/C27H23N3O7/c1-37-27(34)20-9-11-21(12-10-20)29-24(31)17-23(26(29)33)28(16-15-18-5-3-2-4-6-18)25(32)19-7-13-22(14-8-19)30(35)36/h2-14,23H,15-17H2,1H3. The maximum absolute atomic E-state index is 13.5. The Hall–Kier alpha value is -4.86. The molecule has 1 aliphatic heterocycles. The van der Waals surface area contributed by atoms with Crippen LogP contribution in [0.15, 0.2) is 78.9 Å². The normalized spacial score (nSPS) is 14.9. The number of hydrogen-bond donors (Lipinski definition) is 0. The third kappa shape index (κ3) is 5.37. The molecule has 10 nitrogen and oxygen atoms in total. The first-order valence-electron chi connectivity index (χ1n) is 11.4. The summed E-state index contributed by atoms with van der Waals surface area (Å²) in [4.78, 5) is 64.4. The van der Waals surface area contributed by atoms with Gasteiger partial charge in [0.25, 0.3) is 17.5 Å². The van der Waals surface area contributed by atoms with Gasteiger partial charge in [-0.2, -0.15) is 0 Å². The molecule has 188 valence electrons. The van der Waals surface area contributed by atoms with Crippen molar-refractivity contribution in [2.45, 2.75) is 18.9 Å². The van der Waals surface area contributed by atoms with Crippen molar-refractivity contribution < 1.29 is 28.8 Å². The van der Waals surface area contributed by atoms with Crippen LogP contribution < -0.4 is 4.90 Å². The van der Waals surface area contributed by atoms with Crippen molar-refractivity contribution in [2.75, 3.05) is 18.6 Å². The molecule has 0 radical (unpaired) electrons. The average molecular weight is 501 g/mol. The van der Waals surface area contributed by atoms with E-state index in [0.29, 0.717) is 6.42 Å². The Labute approximate surface area is 212 Å². The van der Waals surface area contributed by atoms with Gasteiger partial charge >= 0.3 is 5.97 Å². The number of nitro groups is 1. The summed E-state index contributed by atoms with van der Waals surface area (Å²) in [5, 5.41) is 11.0. The van der Waals surface area contributed by atoms with Crippen molar-refractivity contribution in [1.29, 1.82) is 0 Å². The number of rotatable bonds is 8. The van der Waals surface area contributed by atoms with E-state index in [1.165, 1.54) is 60.5 Å². The number of non-ortho nitro benzene ring substituents is 1. The minimum absolute atomic E-state index is 0.151. The molecule has 1 atom stereocenters. The molecule has 3 amide bonds. The molecule has 0 aliphatic carbocycles. The molecule has 1 heterocycles. The van der Waals surface area contributed by atoms with Crippen LogP contribution in [-0.4, -0.2) is 53.2 Å². The zero-order chi connectivity index (χ0) is 26.5. The zero-order valence-corrected chi connectivity index (χ0v) is 19.9. The molecule has 4 rings (SSSR count). The Morgan fingerprint density at radius 1 is 0.973 bits per heavy atom. The van der Waals surface area contributed by atoms with Crippen molar-refractivity contribution in [2.24, 2.45) is 0 Å². The van der Waals surface area contributed by atoms with Gasteiger partial charge in [0.15, 0.2) is 0 Å². The predicted octanol–water partition coefficient (Wildman–Crippen LogP) is 3.40. The first-order chi connectivity index (χ1) is 17.8. The highest BCUT2D eigenvalue weighted by Gasteiger charge is 2.44. The van der Waals surface area contributed by atoms with Crippen LogP contribution in [0.4, 0.5) is 11.4 Å². The van der Waals surface area contributed by atoms with E-state index >= 15 is 0 Å². The van der Waals surface area contributed by atoms with Crippen LogP contribution in [0.5, 0.6) is 0 Å². The maximum Gasteiger partial charge on any atom is 0.337 e. The molecule has 0 spiro atoms. The quantitative estimate of drug-likeness (QED) is 0.200. The maximum atomic E-state index is 13.5. The summed E-state index contributed by atoms with van der Waals surface area (Å²) in [6, 6.07) is 19.3. The van der Waals surface area contributed by atoms with Crippen LogP contribution in [0.1, 0.15) is 32.7 Å². The number of ether oxygens (including phenoxy) is 1. The number of methoxy groups -OCH3 is 1. The third-order valence-electron chi connectivity index (χ3n) is 6.12. The Bertz CT molecular complexity index is 1340. The van der Waals surface area contributed by atoms with E-state index in [1.807, 2.05) is 30.3 Å². The van der Waals surface area contributed by atoms with Crippen molar-refractivity contribution in [3.05, 3.63) is 106 Å². The molecular formula is C27H23N3O7. The summed E-state index contributed by atoms with van der Waals surface area (Å²) in [5.41, 5.74) is 1.48. The number of amides is 3. The summed E-state index contributed by atoms with van der Waals surface area (Å²) in [6.45, 7) is 0.151. The summed E-state index contributed by atoms with van der Waals surface area (Å²) >= 11 is 0. The highest BCUT2D eigenvalue weighted by atomic mass is 16.6. The van der Waals surface area contributed by atoms with Crippen LogP contribution in [0, 0.1) is 10.1 Å². The first-order valence-corrected chi connectivity index (χ1v) is 11.4. The van der Waals surface area contributed by atoms with Gasteiger partial charge in [-0.3, -0.25) is 24.5 Å². The number of nitrogens with zero attached hydrogens (tertiary/aromatic N) is 3. The Balaban J connectivity index is 1.62. The fourth-order valence-electron chi connectivity index (χ4n) is 4.18. The van der Waals surface area contributed by atoms with E-state index in [-0.39, 0.29) is 35.5 Å². The molecular weight excluding hydrogens is 478 g/mol. The van der Waals surface area contributed by atoms with Crippen LogP contribution >= 0.6 is 0 Å². The van der Waals surface area contributed by atoms with Crippen molar-refractivity contribution in [3.63, 3.8) is 0 Å². The van der Waals surface area contributed by atoms with Gasteiger partial charge in [0.05, 0.1) is 29.7 Å². The van der Waals surface area contributed by atoms with Crippen molar-refractivity contribution in [1.82, 2.24) is 4.90 Å². The van der Waals surface area contributed by atoms with Gasteiger partial charge < -0.3 is 9.64 Å². The van der Waals surface area contributed by atoms with E-state index in [9.17, 15) is 29.3 Å². The lowest BCUT2D eigenvalue weighted by atomic mass is 10.1. The second-order valence-electron chi connectivity index (χ2n) is 8.36. The highest BCUT2D eigenvalue weighted by molar-refractivity contribution is 6.23. The topological polar surface area (TPSA) is 127 Å². The van der Waals surface area contributed by atoms with Crippen LogP contribution in [-0.2, 0) is 20.7 Å². The third-order valence-corrected chi connectivity index (χ3v) is 6.12. The number of benzene rings is 3. The summed E-state index contributed by atoms with van der Waals surface area (Å²) in [6.07, 6.45) is 0.219. The molecule has 0 bridgehead atoms. The fourth-order valence-corrected chi connectivity index (χ4v) is 4.18. The summed E-state index contributed by atoms with van der Waals surface area (Å²) in [7, 11) is 1.25. The van der Waals surface area contributed by atoms with Gasteiger partial charge in [-0.15, -0.1) is 0 Å². The molecule has 0 saturated carbocycles. The highest BCUT2D eigenvalue weighted by Crippen LogP contribution is 2.28. The second kappa shape index (κ2) is 10.8. The monoisotopic (exact) mass is 501 g/mol. The molecule has 37 heavy (non-hydrogen) atoms. The van der Waals surface area contributed by atoms with Gasteiger partial charge in [-0.25, -0.2) is 9.69 Å². The second-order valence-corrected chi connectivity index (χ2v) is 8.36. The molecule has 1 aliphatic rings. The van der Waals surface area contributed by atoms with Gasteiger partial charge in [0.2, 0.25) is 5.91 Å². The SMILES string of the molecule is COC(=O)c1ccc(N2C(=O)CC(N(CCc3ccccc3)C(=O)c3ccc([N+](=O)[O-])cc3)C2=O)cc1. The summed E-state index contributed by atoms with van der Waals surface area (Å²) in [5.74, 6) is -2.12. The Morgan fingerprint density at radius 2 is 1.59 bits per heavy atom. The van der Waals surface area contributed by atoms with E-state index < -0.39 is 34.7 Å². The molecule has 0 N–H and O–H groups in total. The molecule has 1 saturated heterocycles. The molecule has 3 aromatic rings. The largest absolute Gasteiger partial charge is 0.465 e. The van der Waals surface area contributed by atoms with E-state index in [1.54, 1.807) is 0 Å². The van der Waals surface area contributed by atoms with Crippen LogP contribution in [0.2, 0.25) is 0 Å². The minimum atomic E-state index is -1.06. The lowest BCUT2D eigenvalue weighted by Crippen LogP contribution is -2.46. The van der Waals surface area contributed by atoms with Crippen molar-refractivity contribution in [3.8, 4) is 0 Å². The smallest absolute Gasteiger partial charge is 0.337 e. The Kier molecular flexibility index (Phi) is 7.38. The number of anilines is 1. The fraction of sp³-hybridized carbons (Fsp3) is 0.185. The molecule has 3 aromatic carbocycles. The van der Waals surface area contributed by atoms with Gasteiger partial charge in [-0.1, -0.05) is 30.3 Å². The van der Waals surface area contributed by atoms with Gasteiger partial charge in [0.1, 0.15) is 6.04 Å². The number of esters is 1. The van der Waals surface area contributed by atoms with Gasteiger partial charge in [-0.05, 0) is 48.4 Å². The lowest BCUT2D eigenvalue weighted by Gasteiger charge is -2.28. The Morgan fingerprint density at radius 3 is 2.19 bits per heavy atom. The first kappa shape index (κ1) is 25.2. The van der Waals surface area contributed by atoms with E-state index in [0.717, 1.165) is 10.5 Å². The average Bonchev–Trinajstić information content (AvgIpc) is 3.22. The zero-order valence-electron chi connectivity index (χ0n) is 19.9. The number of imide groups is 1. The van der Waals surface area contributed by atoms with E-state index in [4.69, 9.17) is 0 Å². The van der Waals surface area contributed by atoms with Crippen LogP contribution in [0.3, 0.4) is 0 Å². The predicted molar refractivity (Wildman–Crippen MR) is 133 cm³/mol. The number of nitro benzene ring substituents is 1. The van der Waals surface area contributed by atoms with Crippen LogP contribution in [0.25, 0.3) is 0 Å². The van der Waals surface area contributed by atoms with Crippen molar-refractivity contribution >= 4 is 35.1 Å². The summed E-state index contributed by atoms with van der Waals surface area (Å²) < 4.78 is 4.68. The van der Waals surface area contributed by atoms with Gasteiger partial charge in [0, 0.05) is 24.2 Å². The molecule has 1 fully saturated rings. The molecule has 0 aromatic heterocycles. The number of carbonyl (C=O) groups is 4. The van der Waals surface area contributed by atoms with E-state index in [2.05, 4.69) is 4.74 Å².